The normalized spacial score (nSPS) is 16.7. The number of benzene rings is 1. The first-order valence-electron chi connectivity index (χ1n) is 6.31. The van der Waals surface area contributed by atoms with E-state index in [-0.39, 0.29) is 12.5 Å². The maximum Gasteiger partial charge on any atom is 0.260 e. The largest absolute Gasteiger partial charge is 0.484 e. The second kappa shape index (κ2) is 6.23. The molecule has 0 radical (unpaired) electrons. The Morgan fingerprint density at radius 2 is 2.17 bits per heavy atom. The number of ether oxygens (including phenoxy) is 1. The monoisotopic (exact) mass is 311 g/mol. The van der Waals surface area contributed by atoms with E-state index in [1.54, 1.807) is 0 Å². The molecule has 1 amide bonds. The SMILES string of the molecule is CC1CCN(C(=O)COc2cccc(Br)c2)CC1. The van der Waals surface area contributed by atoms with Crippen molar-refractivity contribution in [1.29, 1.82) is 0 Å². The Morgan fingerprint density at radius 1 is 1.44 bits per heavy atom. The summed E-state index contributed by atoms with van der Waals surface area (Å²) in [6, 6.07) is 7.55. The van der Waals surface area contributed by atoms with Crippen molar-refractivity contribution in [2.24, 2.45) is 5.92 Å². The van der Waals surface area contributed by atoms with Crippen molar-refractivity contribution >= 4 is 21.8 Å². The lowest BCUT2D eigenvalue weighted by molar-refractivity contribution is -0.134. The van der Waals surface area contributed by atoms with Crippen LogP contribution in [0.15, 0.2) is 28.7 Å². The highest BCUT2D eigenvalue weighted by Gasteiger charge is 2.20. The second-order valence-corrected chi connectivity index (χ2v) is 5.73. The fraction of sp³-hybridized carbons (Fsp3) is 0.500. The van der Waals surface area contributed by atoms with Gasteiger partial charge in [-0.15, -0.1) is 0 Å². The highest BCUT2D eigenvalue weighted by molar-refractivity contribution is 9.10. The molecule has 0 aliphatic carbocycles. The zero-order valence-corrected chi connectivity index (χ0v) is 12.1. The summed E-state index contributed by atoms with van der Waals surface area (Å²) in [5.41, 5.74) is 0. The lowest BCUT2D eigenvalue weighted by Gasteiger charge is -2.30. The van der Waals surface area contributed by atoms with Gasteiger partial charge in [0.1, 0.15) is 5.75 Å². The first-order chi connectivity index (χ1) is 8.65. The molecule has 0 saturated carbocycles. The summed E-state index contributed by atoms with van der Waals surface area (Å²) in [5.74, 6) is 1.55. The van der Waals surface area contributed by atoms with Crippen LogP contribution in [0.2, 0.25) is 0 Å². The minimum Gasteiger partial charge on any atom is -0.484 e. The zero-order valence-electron chi connectivity index (χ0n) is 10.6. The molecule has 0 bridgehead atoms. The molecule has 1 heterocycles. The van der Waals surface area contributed by atoms with E-state index in [1.807, 2.05) is 29.2 Å². The van der Waals surface area contributed by atoms with Crippen LogP contribution in [-0.4, -0.2) is 30.5 Å². The number of likely N-dealkylation sites (tertiary alicyclic amines) is 1. The van der Waals surface area contributed by atoms with Crippen molar-refractivity contribution < 1.29 is 9.53 Å². The van der Waals surface area contributed by atoms with E-state index in [4.69, 9.17) is 4.74 Å². The van der Waals surface area contributed by atoms with Crippen LogP contribution in [-0.2, 0) is 4.79 Å². The van der Waals surface area contributed by atoms with E-state index in [9.17, 15) is 4.79 Å². The highest BCUT2D eigenvalue weighted by atomic mass is 79.9. The Hall–Kier alpha value is -1.03. The van der Waals surface area contributed by atoms with Crippen molar-refractivity contribution in [3.63, 3.8) is 0 Å². The molecule has 0 N–H and O–H groups in total. The lowest BCUT2D eigenvalue weighted by atomic mass is 9.99. The molecule has 1 aromatic carbocycles. The van der Waals surface area contributed by atoms with Gasteiger partial charge in [-0.3, -0.25) is 4.79 Å². The maximum atomic E-state index is 12.0. The van der Waals surface area contributed by atoms with Gasteiger partial charge < -0.3 is 9.64 Å². The van der Waals surface area contributed by atoms with E-state index >= 15 is 0 Å². The summed E-state index contributed by atoms with van der Waals surface area (Å²) in [4.78, 5) is 13.9. The molecule has 0 unspecified atom stereocenters. The Morgan fingerprint density at radius 3 is 2.83 bits per heavy atom. The molecular formula is C14H18BrNO2. The van der Waals surface area contributed by atoms with Gasteiger partial charge in [-0.1, -0.05) is 28.9 Å². The third-order valence-electron chi connectivity index (χ3n) is 3.29. The summed E-state index contributed by atoms with van der Waals surface area (Å²) in [7, 11) is 0. The van der Waals surface area contributed by atoms with Crippen LogP contribution in [0.1, 0.15) is 19.8 Å². The molecule has 0 spiro atoms. The topological polar surface area (TPSA) is 29.5 Å². The first kappa shape index (κ1) is 13.4. The number of carbonyl (C=O) groups is 1. The number of hydrogen-bond donors (Lipinski definition) is 0. The van der Waals surface area contributed by atoms with Gasteiger partial charge in [0.25, 0.3) is 5.91 Å². The van der Waals surface area contributed by atoms with E-state index in [0.717, 1.165) is 42.1 Å². The molecule has 1 aliphatic heterocycles. The van der Waals surface area contributed by atoms with Gasteiger partial charge in [-0.05, 0) is 37.0 Å². The maximum absolute atomic E-state index is 12.0. The van der Waals surface area contributed by atoms with Crippen LogP contribution in [0.25, 0.3) is 0 Å². The highest BCUT2D eigenvalue weighted by Crippen LogP contribution is 2.19. The molecular weight excluding hydrogens is 294 g/mol. The average molecular weight is 312 g/mol. The summed E-state index contributed by atoms with van der Waals surface area (Å²) < 4.78 is 6.47. The molecule has 1 aliphatic rings. The van der Waals surface area contributed by atoms with Crippen molar-refractivity contribution in [3.8, 4) is 5.75 Å². The minimum atomic E-state index is 0.0851. The number of piperidine rings is 1. The van der Waals surface area contributed by atoms with Gasteiger partial charge in [0.15, 0.2) is 6.61 Å². The fourth-order valence-electron chi connectivity index (χ4n) is 2.05. The van der Waals surface area contributed by atoms with Gasteiger partial charge in [0.05, 0.1) is 0 Å². The number of carbonyl (C=O) groups excluding carboxylic acids is 1. The van der Waals surface area contributed by atoms with Crippen LogP contribution in [0.4, 0.5) is 0 Å². The lowest BCUT2D eigenvalue weighted by Crippen LogP contribution is -2.40. The standard InChI is InChI=1S/C14H18BrNO2/c1-11-5-7-16(8-6-11)14(17)10-18-13-4-2-3-12(15)9-13/h2-4,9,11H,5-8,10H2,1H3. The van der Waals surface area contributed by atoms with Gasteiger partial charge in [0.2, 0.25) is 0 Å². The van der Waals surface area contributed by atoms with Crippen molar-refractivity contribution in [2.75, 3.05) is 19.7 Å². The first-order valence-corrected chi connectivity index (χ1v) is 7.10. The van der Waals surface area contributed by atoms with Crippen LogP contribution < -0.4 is 4.74 Å². The third-order valence-corrected chi connectivity index (χ3v) is 3.79. The van der Waals surface area contributed by atoms with Gasteiger partial charge in [-0.2, -0.15) is 0 Å². The molecule has 4 heteroatoms. The van der Waals surface area contributed by atoms with Crippen LogP contribution >= 0.6 is 15.9 Å². The van der Waals surface area contributed by atoms with Gasteiger partial charge in [0, 0.05) is 17.6 Å². The van der Waals surface area contributed by atoms with Gasteiger partial charge >= 0.3 is 0 Å². The van der Waals surface area contributed by atoms with Crippen molar-refractivity contribution in [3.05, 3.63) is 28.7 Å². The van der Waals surface area contributed by atoms with Crippen molar-refractivity contribution in [2.45, 2.75) is 19.8 Å². The molecule has 1 fully saturated rings. The molecule has 1 saturated heterocycles. The number of nitrogens with zero attached hydrogens (tertiary/aromatic N) is 1. The fourth-order valence-corrected chi connectivity index (χ4v) is 2.43. The van der Waals surface area contributed by atoms with E-state index in [0.29, 0.717) is 0 Å². The summed E-state index contributed by atoms with van der Waals surface area (Å²) >= 11 is 3.38. The van der Waals surface area contributed by atoms with Gasteiger partial charge in [-0.25, -0.2) is 0 Å². The number of amides is 1. The summed E-state index contributed by atoms with van der Waals surface area (Å²) in [5, 5.41) is 0. The second-order valence-electron chi connectivity index (χ2n) is 4.81. The van der Waals surface area contributed by atoms with Crippen LogP contribution in [0.5, 0.6) is 5.75 Å². The van der Waals surface area contributed by atoms with Crippen LogP contribution in [0, 0.1) is 5.92 Å². The predicted molar refractivity (Wildman–Crippen MR) is 74.6 cm³/mol. The molecule has 3 nitrogen and oxygen atoms in total. The number of halogens is 1. The average Bonchev–Trinajstić information content (AvgIpc) is 2.37. The quantitative estimate of drug-likeness (QED) is 0.858. The van der Waals surface area contributed by atoms with Crippen molar-refractivity contribution in [1.82, 2.24) is 4.90 Å². The van der Waals surface area contributed by atoms with E-state index in [2.05, 4.69) is 22.9 Å². The zero-order chi connectivity index (χ0) is 13.0. The third kappa shape index (κ3) is 3.73. The molecule has 0 atom stereocenters. The Balaban J connectivity index is 1.81. The summed E-state index contributed by atoms with van der Waals surface area (Å²) in [6.45, 7) is 4.09. The Kier molecular flexibility index (Phi) is 4.64. The minimum absolute atomic E-state index is 0.0851. The Bertz CT molecular complexity index is 414. The molecule has 2 rings (SSSR count). The van der Waals surface area contributed by atoms with Crippen LogP contribution in [0.3, 0.4) is 0 Å². The summed E-state index contributed by atoms with van der Waals surface area (Å²) in [6.07, 6.45) is 2.20. The smallest absolute Gasteiger partial charge is 0.260 e. The molecule has 18 heavy (non-hydrogen) atoms. The van der Waals surface area contributed by atoms with E-state index in [1.165, 1.54) is 0 Å². The predicted octanol–water partition coefficient (Wildman–Crippen LogP) is 3.09. The number of hydrogen-bond acceptors (Lipinski definition) is 2. The molecule has 1 aromatic rings. The van der Waals surface area contributed by atoms with E-state index < -0.39 is 0 Å². The Labute approximate surface area is 116 Å². The number of rotatable bonds is 3. The molecule has 98 valence electrons. The molecule has 0 aromatic heterocycles.